The van der Waals surface area contributed by atoms with Crippen molar-refractivity contribution in [2.45, 2.75) is 6.92 Å². The molecule has 10 heteroatoms. The topological polar surface area (TPSA) is 73.8 Å². The normalized spacial score (nSPS) is 15.9. The van der Waals surface area contributed by atoms with E-state index in [0.717, 1.165) is 31.5 Å². The Morgan fingerprint density at radius 2 is 1.96 bits per heavy atom. The molecule has 3 rings (SSSR count). The van der Waals surface area contributed by atoms with Crippen LogP contribution in [-0.2, 0) is 14.8 Å². The van der Waals surface area contributed by atoms with Gasteiger partial charge in [0.1, 0.15) is 0 Å². The molecular formula is C16H21ClN4O3S2. The van der Waals surface area contributed by atoms with Gasteiger partial charge in [0.25, 0.3) is 0 Å². The molecule has 0 saturated carbocycles. The number of rotatable bonds is 4. The van der Waals surface area contributed by atoms with E-state index >= 15 is 0 Å². The van der Waals surface area contributed by atoms with Crippen LogP contribution in [0.15, 0.2) is 12.1 Å². The Morgan fingerprint density at radius 1 is 1.31 bits per heavy atom. The quantitative estimate of drug-likeness (QED) is 0.759. The monoisotopic (exact) mass is 416 g/mol. The Hall–Kier alpha value is -1.42. The van der Waals surface area contributed by atoms with Crippen LogP contribution in [-0.4, -0.2) is 74.5 Å². The number of aromatic nitrogens is 1. The van der Waals surface area contributed by atoms with Gasteiger partial charge in [-0.05, 0) is 18.6 Å². The highest BCUT2D eigenvalue weighted by Gasteiger charge is 2.25. The summed E-state index contributed by atoms with van der Waals surface area (Å²) in [6.45, 7) is 4.28. The second-order valence-corrected chi connectivity index (χ2v) is 9.90. The van der Waals surface area contributed by atoms with Gasteiger partial charge in [0.05, 0.1) is 28.0 Å². The summed E-state index contributed by atoms with van der Waals surface area (Å²) < 4.78 is 25.0. The first kappa shape index (κ1) is 19.3. The first-order valence-corrected chi connectivity index (χ1v) is 11.2. The fourth-order valence-electron chi connectivity index (χ4n) is 2.78. The summed E-state index contributed by atoms with van der Waals surface area (Å²) in [6.07, 6.45) is 1.10. The highest BCUT2D eigenvalue weighted by molar-refractivity contribution is 7.88. The molecule has 1 fully saturated rings. The van der Waals surface area contributed by atoms with Crippen molar-refractivity contribution >= 4 is 54.2 Å². The van der Waals surface area contributed by atoms with Gasteiger partial charge >= 0.3 is 0 Å². The zero-order valence-corrected chi connectivity index (χ0v) is 17.3. The molecule has 2 heterocycles. The van der Waals surface area contributed by atoms with Gasteiger partial charge in [-0.3, -0.25) is 4.79 Å². The van der Waals surface area contributed by atoms with E-state index in [1.165, 1.54) is 7.05 Å². The van der Waals surface area contributed by atoms with E-state index in [2.05, 4.69) is 4.90 Å². The summed E-state index contributed by atoms with van der Waals surface area (Å²) in [7, 11) is -1.95. The van der Waals surface area contributed by atoms with Crippen LogP contribution in [0.3, 0.4) is 0 Å². The third-order valence-electron chi connectivity index (χ3n) is 4.51. The maximum atomic E-state index is 12.3. The molecule has 0 atom stereocenters. The molecule has 2 aromatic rings. The Labute approximate surface area is 162 Å². The van der Waals surface area contributed by atoms with Crippen LogP contribution in [0.4, 0.5) is 5.13 Å². The lowest BCUT2D eigenvalue weighted by molar-refractivity contribution is -0.131. The molecule has 0 aliphatic carbocycles. The SMILES string of the molecule is Cc1ccc(Cl)c2sc(N3CCN(C(=O)CN(C)S(C)(=O)=O)CC3)nc12. The number of anilines is 1. The second-order valence-electron chi connectivity index (χ2n) is 6.43. The summed E-state index contributed by atoms with van der Waals surface area (Å²) in [6, 6.07) is 3.85. The van der Waals surface area contributed by atoms with Crippen LogP contribution in [0.2, 0.25) is 5.02 Å². The van der Waals surface area contributed by atoms with Crippen LogP contribution >= 0.6 is 22.9 Å². The van der Waals surface area contributed by atoms with Gasteiger partial charge in [-0.15, -0.1) is 0 Å². The molecule has 0 radical (unpaired) electrons. The molecule has 0 unspecified atom stereocenters. The lowest BCUT2D eigenvalue weighted by Crippen LogP contribution is -2.51. The fraction of sp³-hybridized carbons (Fsp3) is 0.500. The summed E-state index contributed by atoms with van der Waals surface area (Å²) in [5.41, 5.74) is 2.01. The van der Waals surface area contributed by atoms with Crippen molar-refractivity contribution in [3.63, 3.8) is 0 Å². The zero-order valence-electron chi connectivity index (χ0n) is 14.9. The molecule has 1 aromatic carbocycles. The molecule has 1 amide bonds. The molecular weight excluding hydrogens is 396 g/mol. The molecule has 142 valence electrons. The minimum Gasteiger partial charge on any atom is -0.345 e. The third kappa shape index (κ3) is 3.95. The van der Waals surface area contributed by atoms with Gasteiger partial charge in [0, 0.05) is 33.2 Å². The maximum Gasteiger partial charge on any atom is 0.238 e. The molecule has 0 bridgehead atoms. The van der Waals surface area contributed by atoms with E-state index in [-0.39, 0.29) is 12.5 Å². The molecule has 1 aromatic heterocycles. The molecule has 1 aliphatic heterocycles. The van der Waals surface area contributed by atoms with Crippen LogP contribution in [0.25, 0.3) is 10.2 Å². The number of aryl methyl sites for hydroxylation is 1. The van der Waals surface area contributed by atoms with Gasteiger partial charge in [-0.2, -0.15) is 4.31 Å². The molecule has 1 aliphatic rings. The first-order valence-electron chi connectivity index (χ1n) is 8.16. The molecule has 1 saturated heterocycles. The number of benzene rings is 1. The highest BCUT2D eigenvalue weighted by atomic mass is 35.5. The highest BCUT2D eigenvalue weighted by Crippen LogP contribution is 2.35. The fourth-order valence-corrected chi connectivity index (χ4v) is 4.49. The number of likely N-dealkylation sites (N-methyl/N-ethyl adjacent to an activating group) is 1. The predicted octanol–water partition coefficient (Wildman–Crippen LogP) is 1.80. The number of carbonyl (C=O) groups excluding carboxylic acids is 1. The van der Waals surface area contributed by atoms with E-state index in [1.54, 1.807) is 16.2 Å². The number of amides is 1. The van der Waals surface area contributed by atoms with E-state index in [0.29, 0.717) is 31.2 Å². The summed E-state index contributed by atoms with van der Waals surface area (Å²) in [5.74, 6) is -0.180. The standard InChI is InChI=1S/C16H21ClN4O3S2/c1-11-4-5-12(17)15-14(11)18-16(25-15)21-8-6-20(7-9-21)13(22)10-19(2)26(3,23)24/h4-5H,6-10H2,1-3H3. The van der Waals surface area contributed by atoms with Gasteiger partial charge in [-0.25, -0.2) is 13.4 Å². The minimum atomic E-state index is -3.36. The van der Waals surface area contributed by atoms with E-state index in [9.17, 15) is 13.2 Å². The number of carbonyl (C=O) groups is 1. The van der Waals surface area contributed by atoms with E-state index < -0.39 is 10.0 Å². The van der Waals surface area contributed by atoms with Crippen LogP contribution in [0.5, 0.6) is 0 Å². The Kier molecular flexibility index (Phi) is 5.43. The Balaban J connectivity index is 1.66. The lowest BCUT2D eigenvalue weighted by atomic mass is 10.2. The summed E-state index contributed by atoms with van der Waals surface area (Å²) in [5, 5.41) is 1.60. The summed E-state index contributed by atoms with van der Waals surface area (Å²) in [4.78, 5) is 20.9. The van der Waals surface area contributed by atoms with Crippen molar-refractivity contribution < 1.29 is 13.2 Å². The number of thiazole rings is 1. The molecule has 0 spiro atoms. The van der Waals surface area contributed by atoms with Gasteiger partial charge in [0.15, 0.2) is 5.13 Å². The number of halogens is 1. The van der Waals surface area contributed by atoms with E-state index in [4.69, 9.17) is 16.6 Å². The minimum absolute atomic E-state index is 0.130. The number of fused-ring (bicyclic) bond motifs is 1. The number of piperazine rings is 1. The third-order valence-corrected chi connectivity index (χ3v) is 7.35. The second kappa shape index (κ2) is 7.30. The average Bonchev–Trinajstić information content (AvgIpc) is 3.04. The van der Waals surface area contributed by atoms with Gasteiger partial charge in [0.2, 0.25) is 15.9 Å². The van der Waals surface area contributed by atoms with Crippen molar-refractivity contribution in [1.82, 2.24) is 14.2 Å². The van der Waals surface area contributed by atoms with Crippen LogP contribution in [0.1, 0.15) is 5.56 Å². The van der Waals surface area contributed by atoms with Gasteiger partial charge < -0.3 is 9.80 Å². The molecule has 7 nitrogen and oxygen atoms in total. The Morgan fingerprint density at radius 3 is 2.54 bits per heavy atom. The number of hydrogen-bond acceptors (Lipinski definition) is 6. The first-order chi connectivity index (χ1) is 12.2. The molecule has 26 heavy (non-hydrogen) atoms. The van der Waals surface area contributed by atoms with E-state index in [1.807, 2.05) is 19.1 Å². The van der Waals surface area contributed by atoms with Crippen molar-refractivity contribution in [3.8, 4) is 0 Å². The molecule has 0 N–H and O–H groups in total. The smallest absolute Gasteiger partial charge is 0.238 e. The number of sulfonamides is 1. The number of hydrogen-bond donors (Lipinski definition) is 0. The summed E-state index contributed by atoms with van der Waals surface area (Å²) >= 11 is 7.84. The van der Waals surface area contributed by atoms with Crippen molar-refractivity contribution in [3.05, 3.63) is 22.7 Å². The lowest BCUT2D eigenvalue weighted by Gasteiger charge is -2.35. The number of nitrogens with zero attached hydrogens (tertiary/aromatic N) is 4. The van der Waals surface area contributed by atoms with Crippen LogP contribution < -0.4 is 4.90 Å². The van der Waals surface area contributed by atoms with Crippen molar-refractivity contribution in [2.24, 2.45) is 0 Å². The largest absolute Gasteiger partial charge is 0.345 e. The maximum absolute atomic E-state index is 12.3. The van der Waals surface area contributed by atoms with Crippen LogP contribution in [0, 0.1) is 6.92 Å². The van der Waals surface area contributed by atoms with Crippen molar-refractivity contribution in [2.75, 3.05) is 50.9 Å². The van der Waals surface area contributed by atoms with Gasteiger partial charge in [-0.1, -0.05) is 29.0 Å². The predicted molar refractivity (Wildman–Crippen MR) is 106 cm³/mol. The Bertz CT molecular complexity index is 897. The zero-order chi connectivity index (χ0) is 19.1. The average molecular weight is 417 g/mol. The van der Waals surface area contributed by atoms with Crippen molar-refractivity contribution in [1.29, 1.82) is 0 Å².